The van der Waals surface area contributed by atoms with E-state index < -0.39 is 29.4 Å². The van der Waals surface area contributed by atoms with E-state index in [9.17, 15) is 24.6 Å². The standard InChI is InChI=1S/C22H23ClN4O6/c1-33-13-16(28)12-26-20(30)11-25-27(22(26)32)15-7-8-18(23)17(9-15)21(31)24-10-19(29)14-5-3-2-4-6-14/h2-9,11,16,19,28-29H,10,12-13H2,1H3,(H,24,31)/t16-,19+/m1/s1. The fourth-order valence-corrected chi connectivity index (χ4v) is 3.34. The fraction of sp³-hybridized carbons (Fsp3) is 0.273. The lowest BCUT2D eigenvalue weighted by Gasteiger charge is -2.14. The summed E-state index contributed by atoms with van der Waals surface area (Å²) in [6, 6.07) is 13.1. The minimum Gasteiger partial charge on any atom is -0.389 e. The first-order chi connectivity index (χ1) is 15.8. The van der Waals surface area contributed by atoms with Crippen molar-refractivity contribution in [3.8, 4) is 5.69 Å². The van der Waals surface area contributed by atoms with E-state index in [0.29, 0.717) is 5.56 Å². The van der Waals surface area contributed by atoms with Crippen LogP contribution in [0.2, 0.25) is 5.02 Å². The molecule has 1 amide bonds. The van der Waals surface area contributed by atoms with Crippen LogP contribution in [0.25, 0.3) is 5.69 Å². The molecule has 11 heteroatoms. The molecule has 0 unspecified atom stereocenters. The van der Waals surface area contributed by atoms with E-state index in [-0.39, 0.29) is 36.0 Å². The maximum atomic E-state index is 12.8. The van der Waals surface area contributed by atoms with Gasteiger partial charge in [-0.2, -0.15) is 9.78 Å². The number of benzene rings is 2. The number of halogens is 1. The molecule has 0 radical (unpaired) electrons. The Morgan fingerprint density at radius 2 is 1.91 bits per heavy atom. The van der Waals surface area contributed by atoms with Crippen molar-refractivity contribution >= 4 is 17.5 Å². The number of amides is 1. The first-order valence-corrected chi connectivity index (χ1v) is 10.4. The van der Waals surface area contributed by atoms with Crippen molar-refractivity contribution in [1.29, 1.82) is 0 Å². The second-order valence-corrected chi connectivity index (χ2v) is 7.60. The number of carbonyl (C=O) groups excluding carboxylic acids is 1. The van der Waals surface area contributed by atoms with Gasteiger partial charge in [-0.15, -0.1) is 0 Å². The second-order valence-electron chi connectivity index (χ2n) is 7.20. The van der Waals surface area contributed by atoms with Crippen LogP contribution in [-0.4, -0.2) is 56.8 Å². The summed E-state index contributed by atoms with van der Waals surface area (Å²) in [6.07, 6.45) is -1.05. The number of ether oxygens (including phenoxy) is 1. The van der Waals surface area contributed by atoms with Crippen LogP contribution in [0.4, 0.5) is 0 Å². The third kappa shape index (κ3) is 5.93. The smallest absolute Gasteiger partial charge is 0.352 e. The Morgan fingerprint density at radius 1 is 1.18 bits per heavy atom. The largest absolute Gasteiger partial charge is 0.389 e. The minimum absolute atomic E-state index is 0.0517. The van der Waals surface area contributed by atoms with Crippen molar-refractivity contribution in [2.24, 2.45) is 0 Å². The van der Waals surface area contributed by atoms with Crippen LogP contribution in [0.15, 0.2) is 64.3 Å². The average Bonchev–Trinajstić information content (AvgIpc) is 2.81. The van der Waals surface area contributed by atoms with Gasteiger partial charge < -0.3 is 20.3 Å². The summed E-state index contributed by atoms with van der Waals surface area (Å²) in [5.41, 5.74) is -0.598. The highest BCUT2D eigenvalue weighted by Gasteiger charge is 2.17. The molecule has 0 aliphatic carbocycles. The van der Waals surface area contributed by atoms with E-state index in [1.807, 2.05) is 6.07 Å². The van der Waals surface area contributed by atoms with Crippen LogP contribution in [-0.2, 0) is 11.3 Å². The molecule has 10 nitrogen and oxygen atoms in total. The van der Waals surface area contributed by atoms with Crippen LogP contribution in [0, 0.1) is 0 Å². The van der Waals surface area contributed by atoms with Gasteiger partial charge in [0.2, 0.25) is 0 Å². The molecule has 1 aromatic heterocycles. The number of aromatic nitrogens is 3. The second kappa shape index (κ2) is 11.0. The number of nitrogens with one attached hydrogen (secondary N) is 1. The number of hydrogen-bond donors (Lipinski definition) is 3. The highest BCUT2D eigenvalue weighted by Crippen LogP contribution is 2.19. The van der Waals surface area contributed by atoms with E-state index >= 15 is 0 Å². The molecular formula is C22H23ClN4O6. The predicted molar refractivity (Wildman–Crippen MR) is 121 cm³/mol. The van der Waals surface area contributed by atoms with Gasteiger partial charge in [0.25, 0.3) is 11.5 Å². The Kier molecular flexibility index (Phi) is 8.12. The Bertz CT molecular complexity index is 1230. The summed E-state index contributed by atoms with van der Waals surface area (Å²) >= 11 is 6.18. The molecule has 0 spiro atoms. The zero-order valence-electron chi connectivity index (χ0n) is 17.7. The molecule has 174 valence electrons. The summed E-state index contributed by atoms with van der Waals surface area (Å²) in [5, 5.41) is 26.7. The summed E-state index contributed by atoms with van der Waals surface area (Å²) in [5.74, 6) is -0.561. The Balaban J connectivity index is 1.85. The maximum absolute atomic E-state index is 12.8. The van der Waals surface area contributed by atoms with Crippen LogP contribution >= 0.6 is 11.6 Å². The van der Waals surface area contributed by atoms with Crippen molar-refractivity contribution < 1.29 is 19.7 Å². The summed E-state index contributed by atoms with van der Waals surface area (Å²) in [4.78, 5) is 37.6. The van der Waals surface area contributed by atoms with E-state index in [1.54, 1.807) is 24.3 Å². The Morgan fingerprint density at radius 3 is 2.61 bits per heavy atom. The number of nitrogens with zero attached hydrogens (tertiary/aromatic N) is 3. The zero-order chi connectivity index (χ0) is 24.0. The molecule has 0 aliphatic rings. The van der Waals surface area contributed by atoms with Crippen LogP contribution in [0.1, 0.15) is 22.0 Å². The lowest BCUT2D eigenvalue weighted by atomic mass is 10.1. The summed E-state index contributed by atoms with van der Waals surface area (Å²) in [6.45, 7) is -0.398. The minimum atomic E-state index is -1.07. The molecule has 1 heterocycles. The van der Waals surface area contributed by atoms with Crippen LogP contribution < -0.4 is 16.6 Å². The molecule has 0 bridgehead atoms. The highest BCUT2D eigenvalue weighted by atomic mass is 35.5. The molecular weight excluding hydrogens is 452 g/mol. The molecule has 0 fully saturated rings. The van der Waals surface area contributed by atoms with Gasteiger partial charge in [-0.3, -0.25) is 14.2 Å². The molecule has 3 rings (SSSR count). The molecule has 2 aromatic carbocycles. The quantitative estimate of drug-likeness (QED) is 0.411. The number of aliphatic hydroxyl groups is 2. The van der Waals surface area contributed by atoms with Crippen molar-refractivity contribution in [2.75, 3.05) is 20.3 Å². The summed E-state index contributed by atoms with van der Waals surface area (Å²) in [7, 11) is 1.38. The predicted octanol–water partition coefficient (Wildman–Crippen LogP) is 0.518. The van der Waals surface area contributed by atoms with E-state index in [4.69, 9.17) is 16.3 Å². The van der Waals surface area contributed by atoms with Gasteiger partial charge in [0.05, 0.1) is 41.6 Å². The molecule has 3 N–H and O–H groups in total. The highest BCUT2D eigenvalue weighted by molar-refractivity contribution is 6.33. The topological polar surface area (TPSA) is 136 Å². The molecule has 3 aromatic rings. The number of methoxy groups -OCH3 is 1. The monoisotopic (exact) mass is 474 g/mol. The van der Waals surface area contributed by atoms with Crippen molar-refractivity contribution in [2.45, 2.75) is 18.8 Å². The van der Waals surface area contributed by atoms with Gasteiger partial charge in [0.15, 0.2) is 0 Å². The van der Waals surface area contributed by atoms with Gasteiger partial charge in [0.1, 0.15) is 6.20 Å². The van der Waals surface area contributed by atoms with Crippen molar-refractivity contribution in [3.05, 3.63) is 91.7 Å². The van der Waals surface area contributed by atoms with Gasteiger partial charge >= 0.3 is 5.69 Å². The van der Waals surface area contributed by atoms with Gasteiger partial charge in [0, 0.05) is 13.7 Å². The lowest BCUT2D eigenvalue weighted by molar-refractivity contribution is 0.0519. The third-order valence-corrected chi connectivity index (χ3v) is 5.12. The number of aliphatic hydroxyl groups excluding tert-OH is 2. The Labute approximate surface area is 193 Å². The first-order valence-electron chi connectivity index (χ1n) is 9.99. The van der Waals surface area contributed by atoms with Crippen LogP contribution in [0.5, 0.6) is 0 Å². The normalized spacial score (nSPS) is 12.8. The van der Waals surface area contributed by atoms with Gasteiger partial charge in [-0.1, -0.05) is 41.9 Å². The van der Waals surface area contributed by atoms with Gasteiger partial charge in [-0.05, 0) is 23.8 Å². The van der Waals surface area contributed by atoms with E-state index in [0.717, 1.165) is 15.4 Å². The fourth-order valence-electron chi connectivity index (χ4n) is 3.13. The third-order valence-electron chi connectivity index (χ3n) is 4.79. The first kappa shape index (κ1) is 24.3. The molecule has 0 saturated heterocycles. The van der Waals surface area contributed by atoms with Crippen LogP contribution in [0.3, 0.4) is 0 Å². The van der Waals surface area contributed by atoms with Gasteiger partial charge in [-0.25, -0.2) is 4.79 Å². The van der Waals surface area contributed by atoms with E-state index in [2.05, 4.69) is 10.4 Å². The average molecular weight is 475 g/mol. The number of rotatable bonds is 9. The number of hydrogen-bond acceptors (Lipinski definition) is 7. The lowest BCUT2D eigenvalue weighted by Crippen LogP contribution is -2.43. The molecule has 2 atom stereocenters. The summed E-state index contributed by atoms with van der Waals surface area (Å²) < 4.78 is 6.57. The molecule has 33 heavy (non-hydrogen) atoms. The number of carbonyl (C=O) groups is 1. The van der Waals surface area contributed by atoms with Crippen molar-refractivity contribution in [1.82, 2.24) is 19.7 Å². The molecule has 0 aliphatic heterocycles. The molecule has 0 saturated carbocycles. The Hall–Kier alpha value is -3.31. The SMILES string of the molecule is COC[C@H](O)Cn1c(=O)cnn(-c2ccc(Cl)c(C(=O)NC[C@H](O)c3ccccc3)c2)c1=O. The van der Waals surface area contributed by atoms with Crippen molar-refractivity contribution in [3.63, 3.8) is 0 Å². The zero-order valence-corrected chi connectivity index (χ0v) is 18.5. The maximum Gasteiger partial charge on any atom is 0.352 e. The van der Waals surface area contributed by atoms with E-state index in [1.165, 1.54) is 25.3 Å².